The third-order valence-electron chi connectivity index (χ3n) is 4.38. The van der Waals surface area contributed by atoms with Gasteiger partial charge in [-0.05, 0) is 42.7 Å². The lowest BCUT2D eigenvalue weighted by Gasteiger charge is -2.31. The molecule has 2 rings (SSSR count). The first kappa shape index (κ1) is 17.0. The lowest BCUT2D eigenvalue weighted by Crippen LogP contribution is -2.30. The largest absolute Gasteiger partial charge is 0.387 e. The van der Waals surface area contributed by atoms with Crippen LogP contribution in [0.2, 0.25) is 0 Å². The molecule has 3 atom stereocenters. The Morgan fingerprint density at radius 3 is 2.48 bits per heavy atom. The third-order valence-corrected chi connectivity index (χ3v) is 7.60. The molecule has 5 heteroatoms. The zero-order valence-electron chi connectivity index (χ0n) is 13.3. The number of hydrogen-bond donors (Lipinski definition) is 1. The number of sulfone groups is 1. The van der Waals surface area contributed by atoms with E-state index in [-0.39, 0.29) is 16.6 Å². The quantitative estimate of drug-likeness (QED) is 0.920. The van der Waals surface area contributed by atoms with Crippen LogP contribution in [0.1, 0.15) is 62.3 Å². The van der Waals surface area contributed by atoms with Crippen LogP contribution in [0.25, 0.3) is 0 Å². The van der Waals surface area contributed by atoms with Gasteiger partial charge in [-0.2, -0.15) is 0 Å². The van der Waals surface area contributed by atoms with Crippen molar-refractivity contribution in [2.24, 2.45) is 5.92 Å². The van der Waals surface area contributed by atoms with Crippen molar-refractivity contribution in [1.82, 2.24) is 0 Å². The molecular weight excluding hydrogens is 304 g/mol. The summed E-state index contributed by atoms with van der Waals surface area (Å²) in [6.07, 6.45) is 3.90. The van der Waals surface area contributed by atoms with Crippen molar-refractivity contribution in [2.45, 2.75) is 63.2 Å². The number of hydrogen-bond acceptors (Lipinski definition) is 4. The molecule has 0 saturated heterocycles. The van der Waals surface area contributed by atoms with Crippen molar-refractivity contribution < 1.29 is 13.5 Å². The van der Waals surface area contributed by atoms with Gasteiger partial charge in [0.2, 0.25) is 0 Å². The van der Waals surface area contributed by atoms with E-state index in [0.29, 0.717) is 6.42 Å². The summed E-state index contributed by atoms with van der Waals surface area (Å²) >= 11 is 1.65. The number of aliphatic hydroxyl groups is 1. The molecule has 3 unspecified atom stereocenters. The van der Waals surface area contributed by atoms with Crippen molar-refractivity contribution in [3.8, 4) is 0 Å². The van der Waals surface area contributed by atoms with E-state index in [1.165, 1.54) is 11.1 Å². The second kappa shape index (κ2) is 6.01. The van der Waals surface area contributed by atoms with Crippen molar-refractivity contribution in [1.29, 1.82) is 0 Å². The zero-order chi connectivity index (χ0) is 15.8. The Bertz CT molecular complexity index is 581. The Labute approximate surface area is 132 Å². The Hall–Kier alpha value is -0.390. The van der Waals surface area contributed by atoms with Gasteiger partial charge >= 0.3 is 0 Å². The SMILES string of the molecule is CC(C)(C)c1ccc(C(O)C2CCCC(S(C)(=O)=O)C2)s1. The molecule has 1 aliphatic carbocycles. The maximum atomic E-state index is 11.7. The second-order valence-corrected chi connectivity index (χ2v) is 10.7. The van der Waals surface area contributed by atoms with Crippen molar-refractivity contribution >= 4 is 21.2 Å². The van der Waals surface area contributed by atoms with Crippen LogP contribution in [0.3, 0.4) is 0 Å². The minimum Gasteiger partial charge on any atom is -0.387 e. The minimum absolute atomic E-state index is 0.0601. The highest BCUT2D eigenvalue weighted by Crippen LogP contribution is 2.40. The smallest absolute Gasteiger partial charge is 0.150 e. The number of thiophene rings is 1. The molecule has 1 saturated carbocycles. The Balaban J connectivity index is 2.12. The molecular formula is C16H26O3S2. The first-order valence-electron chi connectivity index (χ1n) is 7.56. The van der Waals surface area contributed by atoms with E-state index in [9.17, 15) is 13.5 Å². The minimum atomic E-state index is -3.00. The third kappa shape index (κ3) is 4.08. The summed E-state index contributed by atoms with van der Waals surface area (Å²) in [4.78, 5) is 2.23. The van der Waals surface area contributed by atoms with Crippen LogP contribution >= 0.6 is 11.3 Å². The average Bonchev–Trinajstić information content (AvgIpc) is 2.86. The second-order valence-electron chi connectivity index (χ2n) is 7.28. The molecule has 1 N–H and O–H groups in total. The summed E-state index contributed by atoms with van der Waals surface area (Å²) in [5, 5.41) is 10.3. The number of aliphatic hydroxyl groups excluding tert-OH is 1. The maximum Gasteiger partial charge on any atom is 0.150 e. The molecule has 1 aromatic rings. The van der Waals surface area contributed by atoms with E-state index in [1.54, 1.807) is 11.3 Å². The Morgan fingerprint density at radius 2 is 1.95 bits per heavy atom. The van der Waals surface area contributed by atoms with E-state index < -0.39 is 15.9 Å². The highest BCUT2D eigenvalue weighted by molar-refractivity contribution is 7.91. The molecule has 21 heavy (non-hydrogen) atoms. The fraction of sp³-hybridized carbons (Fsp3) is 0.750. The van der Waals surface area contributed by atoms with Gasteiger partial charge in [-0.1, -0.05) is 27.2 Å². The molecule has 1 aromatic heterocycles. The van der Waals surface area contributed by atoms with Gasteiger partial charge in [0.05, 0.1) is 11.4 Å². The molecule has 1 fully saturated rings. The van der Waals surface area contributed by atoms with E-state index in [2.05, 4.69) is 26.8 Å². The number of rotatable bonds is 3. The van der Waals surface area contributed by atoms with E-state index in [1.807, 2.05) is 6.07 Å². The molecule has 0 aromatic carbocycles. The van der Waals surface area contributed by atoms with Gasteiger partial charge in [-0.3, -0.25) is 0 Å². The summed E-state index contributed by atoms with van der Waals surface area (Å²) < 4.78 is 23.5. The van der Waals surface area contributed by atoms with Gasteiger partial charge in [0, 0.05) is 16.0 Å². The molecule has 0 spiro atoms. The van der Waals surface area contributed by atoms with Gasteiger partial charge in [-0.25, -0.2) is 8.42 Å². The molecule has 1 heterocycles. The van der Waals surface area contributed by atoms with E-state index >= 15 is 0 Å². The van der Waals surface area contributed by atoms with E-state index in [4.69, 9.17) is 0 Å². The fourth-order valence-corrected chi connectivity index (χ4v) is 5.34. The lowest BCUT2D eigenvalue weighted by molar-refractivity contribution is 0.0888. The zero-order valence-corrected chi connectivity index (χ0v) is 14.9. The van der Waals surface area contributed by atoms with Gasteiger partial charge < -0.3 is 5.11 Å². The topological polar surface area (TPSA) is 54.4 Å². The van der Waals surface area contributed by atoms with Crippen molar-refractivity contribution in [3.05, 3.63) is 21.9 Å². The summed E-state index contributed by atoms with van der Waals surface area (Å²) in [5.74, 6) is 0.0601. The summed E-state index contributed by atoms with van der Waals surface area (Å²) in [6, 6.07) is 4.08. The molecule has 0 aliphatic heterocycles. The van der Waals surface area contributed by atoms with Crippen LogP contribution in [0.15, 0.2) is 12.1 Å². The monoisotopic (exact) mass is 330 g/mol. The highest BCUT2D eigenvalue weighted by atomic mass is 32.2. The Kier molecular flexibility index (Phi) is 4.86. The summed E-state index contributed by atoms with van der Waals surface area (Å²) in [6.45, 7) is 6.49. The van der Waals surface area contributed by atoms with Crippen LogP contribution in [-0.2, 0) is 15.3 Å². The highest BCUT2D eigenvalue weighted by Gasteiger charge is 2.33. The molecule has 0 amide bonds. The van der Waals surface area contributed by atoms with E-state index in [0.717, 1.165) is 24.1 Å². The van der Waals surface area contributed by atoms with Crippen molar-refractivity contribution in [2.75, 3.05) is 6.26 Å². The van der Waals surface area contributed by atoms with Crippen LogP contribution < -0.4 is 0 Å². The Morgan fingerprint density at radius 1 is 1.29 bits per heavy atom. The summed E-state index contributed by atoms with van der Waals surface area (Å²) in [5.41, 5.74) is 0.0878. The van der Waals surface area contributed by atoms with Gasteiger partial charge in [-0.15, -0.1) is 11.3 Å². The molecule has 1 aliphatic rings. The normalized spacial score (nSPS) is 25.8. The maximum absolute atomic E-state index is 11.7. The van der Waals surface area contributed by atoms with Crippen LogP contribution in [0.4, 0.5) is 0 Å². The molecule has 0 bridgehead atoms. The van der Waals surface area contributed by atoms with Crippen LogP contribution in [0.5, 0.6) is 0 Å². The van der Waals surface area contributed by atoms with Crippen LogP contribution in [-0.4, -0.2) is 25.0 Å². The van der Waals surface area contributed by atoms with Gasteiger partial charge in [0.15, 0.2) is 0 Å². The first-order valence-corrected chi connectivity index (χ1v) is 10.3. The molecule has 3 nitrogen and oxygen atoms in total. The summed E-state index contributed by atoms with van der Waals surface area (Å²) in [7, 11) is -3.00. The predicted molar refractivity (Wildman–Crippen MR) is 88.6 cm³/mol. The van der Waals surface area contributed by atoms with Gasteiger partial charge in [0.1, 0.15) is 9.84 Å². The predicted octanol–water partition coefficient (Wildman–Crippen LogP) is 3.68. The lowest BCUT2D eigenvalue weighted by atomic mass is 9.84. The standard InChI is InChI=1S/C16H26O3S2/c1-16(2,3)14-9-8-13(20-14)15(17)11-6-5-7-12(10-11)21(4,18)19/h8-9,11-12,15,17H,5-7,10H2,1-4H3. The average molecular weight is 331 g/mol. The molecule has 0 radical (unpaired) electrons. The molecule has 120 valence electrons. The van der Waals surface area contributed by atoms with Crippen molar-refractivity contribution in [3.63, 3.8) is 0 Å². The fourth-order valence-electron chi connectivity index (χ4n) is 3.00. The first-order chi connectivity index (χ1) is 9.59. The van der Waals surface area contributed by atoms with Gasteiger partial charge in [0.25, 0.3) is 0 Å². The van der Waals surface area contributed by atoms with Crippen LogP contribution in [0, 0.1) is 5.92 Å².